The molecule has 0 bridgehead atoms. The Hall–Kier alpha value is -1.22. The molecule has 17 heavy (non-hydrogen) atoms. The summed E-state index contributed by atoms with van der Waals surface area (Å²) in [7, 11) is 0. The second-order valence-corrected chi connectivity index (χ2v) is 5.41. The highest BCUT2D eigenvalue weighted by molar-refractivity contribution is 6.31. The lowest BCUT2D eigenvalue weighted by atomic mass is 9.89. The van der Waals surface area contributed by atoms with Gasteiger partial charge in [0.2, 0.25) is 0 Å². The van der Waals surface area contributed by atoms with Gasteiger partial charge in [0, 0.05) is 17.3 Å². The summed E-state index contributed by atoms with van der Waals surface area (Å²) in [6.07, 6.45) is 0.139. The van der Waals surface area contributed by atoms with Gasteiger partial charge < -0.3 is 10.4 Å². The molecule has 1 aromatic rings. The number of benzene rings is 1. The number of carboxylic acid groups (broad SMARTS) is 1. The Kier molecular flexibility index (Phi) is 4.40. The fourth-order valence-corrected chi connectivity index (χ4v) is 1.78. The molecular formula is C13H18ClNO2. The topological polar surface area (TPSA) is 49.3 Å². The van der Waals surface area contributed by atoms with E-state index in [1.54, 1.807) is 0 Å². The Labute approximate surface area is 107 Å². The molecular weight excluding hydrogens is 238 g/mol. The Morgan fingerprint density at radius 1 is 1.47 bits per heavy atom. The van der Waals surface area contributed by atoms with Crippen LogP contribution in [-0.2, 0) is 4.79 Å². The number of aliphatic carboxylic acids is 1. The number of hydrogen-bond acceptors (Lipinski definition) is 2. The molecule has 0 aromatic heterocycles. The summed E-state index contributed by atoms with van der Waals surface area (Å²) in [4.78, 5) is 10.7. The second kappa shape index (κ2) is 5.41. The first-order valence-corrected chi connectivity index (χ1v) is 5.90. The van der Waals surface area contributed by atoms with Gasteiger partial charge in [-0.3, -0.25) is 4.79 Å². The molecule has 0 saturated heterocycles. The van der Waals surface area contributed by atoms with Crippen LogP contribution in [0.5, 0.6) is 0 Å². The van der Waals surface area contributed by atoms with Crippen LogP contribution >= 0.6 is 11.6 Å². The molecule has 0 aliphatic heterocycles. The van der Waals surface area contributed by atoms with Crippen molar-refractivity contribution in [1.29, 1.82) is 0 Å². The Morgan fingerprint density at radius 3 is 2.71 bits per heavy atom. The maximum absolute atomic E-state index is 10.7. The van der Waals surface area contributed by atoms with Crippen LogP contribution in [-0.4, -0.2) is 17.6 Å². The van der Waals surface area contributed by atoms with Crippen LogP contribution < -0.4 is 5.32 Å². The lowest BCUT2D eigenvalue weighted by Gasteiger charge is -2.24. The number of halogens is 1. The van der Waals surface area contributed by atoms with Crippen molar-refractivity contribution in [2.45, 2.75) is 27.2 Å². The van der Waals surface area contributed by atoms with E-state index in [9.17, 15) is 4.79 Å². The van der Waals surface area contributed by atoms with Crippen LogP contribution in [0.3, 0.4) is 0 Å². The molecule has 1 rings (SSSR count). The van der Waals surface area contributed by atoms with Crippen molar-refractivity contribution in [2.75, 3.05) is 11.9 Å². The highest BCUT2D eigenvalue weighted by Crippen LogP contribution is 2.26. The standard InChI is InChI=1S/C13H18ClNO2/c1-9-10(14)5-4-6-11(9)15-8-13(2,3)7-12(16)17/h4-6,15H,7-8H2,1-3H3,(H,16,17). The maximum Gasteiger partial charge on any atom is 0.303 e. The van der Waals surface area contributed by atoms with Crippen LogP contribution in [0.4, 0.5) is 5.69 Å². The normalized spacial score (nSPS) is 11.3. The molecule has 94 valence electrons. The van der Waals surface area contributed by atoms with Crippen molar-refractivity contribution in [2.24, 2.45) is 5.41 Å². The van der Waals surface area contributed by atoms with Crippen LogP contribution in [0.25, 0.3) is 0 Å². The van der Waals surface area contributed by atoms with Gasteiger partial charge in [0.25, 0.3) is 0 Å². The number of anilines is 1. The first-order chi connectivity index (χ1) is 7.82. The molecule has 0 aliphatic carbocycles. The molecule has 0 radical (unpaired) electrons. The van der Waals surface area contributed by atoms with E-state index in [4.69, 9.17) is 16.7 Å². The van der Waals surface area contributed by atoms with Crippen LogP contribution in [0.1, 0.15) is 25.8 Å². The third kappa shape index (κ3) is 4.27. The van der Waals surface area contributed by atoms with E-state index < -0.39 is 5.97 Å². The van der Waals surface area contributed by atoms with Crippen LogP contribution in [0, 0.1) is 12.3 Å². The minimum absolute atomic E-state index is 0.139. The first kappa shape index (κ1) is 13.8. The van der Waals surface area contributed by atoms with Gasteiger partial charge in [-0.25, -0.2) is 0 Å². The predicted octanol–water partition coefficient (Wildman–Crippen LogP) is 3.56. The Bertz CT molecular complexity index is 416. The molecule has 1 aromatic carbocycles. The highest BCUT2D eigenvalue weighted by atomic mass is 35.5. The first-order valence-electron chi connectivity index (χ1n) is 5.52. The summed E-state index contributed by atoms with van der Waals surface area (Å²) in [5.41, 5.74) is 1.65. The van der Waals surface area contributed by atoms with Gasteiger partial charge in [0.15, 0.2) is 0 Å². The summed E-state index contributed by atoms with van der Waals surface area (Å²) in [5, 5.41) is 12.8. The lowest BCUT2D eigenvalue weighted by Crippen LogP contribution is -2.26. The minimum atomic E-state index is -0.778. The molecule has 0 saturated carbocycles. The number of nitrogens with one attached hydrogen (secondary N) is 1. The van der Waals surface area contributed by atoms with E-state index in [0.717, 1.165) is 11.3 Å². The molecule has 3 nitrogen and oxygen atoms in total. The van der Waals surface area contributed by atoms with Gasteiger partial charge in [0.1, 0.15) is 0 Å². The molecule has 0 atom stereocenters. The predicted molar refractivity (Wildman–Crippen MR) is 70.7 cm³/mol. The average molecular weight is 256 g/mol. The molecule has 0 amide bonds. The maximum atomic E-state index is 10.7. The summed E-state index contributed by atoms with van der Waals surface area (Å²) in [6.45, 7) is 6.39. The van der Waals surface area contributed by atoms with Crippen LogP contribution in [0.2, 0.25) is 5.02 Å². The molecule has 2 N–H and O–H groups in total. The van der Waals surface area contributed by atoms with Crippen molar-refractivity contribution in [3.63, 3.8) is 0 Å². The fourth-order valence-electron chi connectivity index (χ4n) is 1.61. The van der Waals surface area contributed by atoms with Gasteiger partial charge >= 0.3 is 5.97 Å². The molecule has 0 spiro atoms. The minimum Gasteiger partial charge on any atom is -0.481 e. The van der Waals surface area contributed by atoms with Gasteiger partial charge in [0.05, 0.1) is 6.42 Å². The average Bonchev–Trinajstić information content (AvgIpc) is 2.18. The van der Waals surface area contributed by atoms with E-state index >= 15 is 0 Å². The summed E-state index contributed by atoms with van der Waals surface area (Å²) < 4.78 is 0. The number of carboxylic acids is 1. The number of hydrogen-bond donors (Lipinski definition) is 2. The number of carbonyl (C=O) groups is 1. The molecule has 0 heterocycles. The quantitative estimate of drug-likeness (QED) is 0.846. The van der Waals surface area contributed by atoms with Gasteiger partial charge in [-0.1, -0.05) is 31.5 Å². The van der Waals surface area contributed by atoms with Crippen LogP contribution in [0.15, 0.2) is 18.2 Å². The van der Waals surface area contributed by atoms with E-state index in [1.165, 1.54) is 0 Å². The zero-order chi connectivity index (χ0) is 13.1. The Morgan fingerprint density at radius 2 is 2.12 bits per heavy atom. The third-order valence-electron chi connectivity index (χ3n) is 2.65. The van der Waals surface area contributed by atoms with Crippen molar-refractivity contribution in [1.82, 2.24) is 0 Å². The largest absolute Gasteiger partial charge is 0.481 e. The fraction of sp³-hybridized carbons (Fsp3) is 0.462. The zero-order valence-electron chi connectivity index (χ0n) is 10.4. The Balaban J connectivity index is 2.67. The SMILES string of the molecule is Cc1c(Cl)cccc1NCC(C)(C)CC(=O)O. The van der Waals surface area contributed by atoms with E-state index in [-0.39, 0.29) is 11.8 Å². The summed E-state index contributed by atoms with van der Waals surface area (Å²) in [6, 6.07) is 5.66. The van der Waals surface area contributed by atoms with Gasteiger partial charge in [-0.15, -0.1) is 0 Å². The molecule has 0 aliphatic rings. The van der Waals surface area contributed by atoms with Crippen molar-refractivity contribution in [3.8, 4) is 0 Å². The van der Waals surface area contributed by atoms with Gasteiger partial charge in [-0.2, -0.15) is 0 Å². The van der Waals surface area contributed by atoms with E-state index in [1.807, 2.05) is 39.0 Å². The highest BCUT2D eigenvalue weighted by Gasteiger charge is 2.21. The van der Waals surface area contributed by atoms with Gasteiger partial charge in [-0.05, 0) is 30.0 Å². The van der Waals surface area contributed by atoms with Crippen molar-refractivity contribution < 1.29 is 9.90 Å². The zero-order valence-corrected chi connectivity index (χ0v) is 11.1. The van der Waals surface area contributed by atoms with Crippen molar-refractivity contribution >= 4 is 23.3 Å². The van der Waals surface area contributed by atoms with E-state index in [2.05, 4.69) is 5.32 Å². The summed E-state index contributed by atoms with van der Waals surface area (Å²) in [5.74, 6) is -0.778. The molecule has 0 unspecified atom stereocenters. The monoisotopic (exact) mass is 255 g/mol. The second-order valence-electron chi connectivity index (χ2n) is 5.00. The summed E-state index contributed by atoms with van der Waals surface area (Å²) >= 11 is 6.01. The van der Waals surface area contributed by atoms with Crippen molar-refractivity contribution in [3.05, 3.63) is 28.8 Å². The lowest BCUT2D eigenvalue weighted by molar-refractivity contribution is -0.139. The van der Waals surface area contributed by atoms with E-state index in [0.29, 0.717) is 11.6 Å². The third-order valence-corrected chi connectivity index (χ3v) is 3.06. The number of rotatable bonds is 5. The smallest absolute Gasteiger partial charge is 0.303 e. The molecule has 4 heteroatoms. The molecule has 0 fully saturated rings.